The Balaban J connectivity index is 1.77. The van der Waals surface area contributed by atoms with Crippen LogP contribution in [0.2, 0.25) is 5.02 Å². The molecule has 0 atom stereocenters. The number of benzene rings is 4. The molecule has 0 bridgehead atoms. The van der Waals surface area contributed by atoms with Gasteiger partial charge < -0.3 is 0 Å². The third-order valence-electron chi connectivity index (χ3n) is 6.00. The maximum absolute atomic E-state index is 13.7. The second kappa shape index (κ2) is 10.4. The predicted molar refractivity (Wildman–Crippen MR) is 129 cm³/mol. The summed E-state index contributed by atoms with van der Waals surface area (Å²) in [5, 5.41) is 0.262. The molecule has 0 amide bonds. The lowest BCUT2D eigenvalue weighted by molar-refractivity contribution is -0.138. The Hall–Kier alpha value is -3.25. The van der Waals surface area contributed by atoms with Crippen molar-refractivity contribution in [3.63, 3.8) is 0 Å². The zero-order valence-electron chi connectivity index (χ0n) is 18.9. The van der Waals surface area contributed by atoms with Crippen molar-refractivity contribution in [1.82, 2.24) is 0 Å². The minimum absolute atomic E-state index is 0.0624. The number of alkyl halides is 6. The fraction of sp³-hybridized carbons (Fsp3) is 0.172. The maximum atomic E-state index is 13.7. The van der Waals surface area contributed by atoms with E-state index >= 15 is 0 Å². The predicted octanol–water partition coefficient (Wildman–Crippen LogP) is 9.15. The van der Waals surface area contributed by atoms with Crippen LogP contribution in [0.1, 0.15) is 44.5 Å². The van der Waals surface area contributed by atoms with E-state index in [1.165, 1.54) is 18.2 Å². The van der Waals surface area contributed by atoms with Gasteiger partial charge in [-0.25, -0.2) is 0 Å². The van der Waals surface area contributed by atoms with Crippen molar-refractivity contribution in [3.05, 3.63) is 141 Å². The summed E-state index contributed by atoms with van der Waals surface area (Å²) in [6.45, 7) is 0. The van der Waals surface area contributed by atoms with E-state index in [0.717, 1.165) is 29.3 Å². The molecule has 0 aliphatic rings. The molecular formula is C29H21ClF6. The lowest BCUT2D eigenvalue weighted by Crippen LogP contribution is -2.10. The van der Waals surface area contributed by atoms with Gasteiger partial charge in [-0.3, -0.25) is 0 Å². The molecule has 0 aliphatic heterocycles. The maximum Gasteiger partial charge on any atom is 0.416 e. The molecule has 7 heteroatoms. The standard InChI is InChI=1S/C29H21ClF6/c30-27-23(16-20-9-6-11-24(17-20)28(31,32)33)14-13-21(15-19-7-2-1-3-8-19)25(27)18-22-10-4-5-12-26(22)29(34,35)36/h1-14,17H,15-16,18H2. The molecule has 0 aromatic heterocycles. The van der Waals surface area contributed by atoms with Gasteiger partial charge in [0.1, 0.15) is 0 Å². The monoisotopic (exact) mass is 518 g/mol. The van der Waals surface area contributed by atoms with Gasteiger partial charge in [0.05, 0.1) is 11.1 Å². The normalized spacial score (nSPS) is 12.1. The third kappa shape index (κ3) is 6.11. The van der Waals surface area contributed by atoms with Crippen molar-refractivity contribution in [2.24, 2.45) is 0 Å². The van der Waals surface area contributed by atoms with Crippen molar-refractivity contribution in [3.8, 4) is 0 Å². The SMILES string of the molecule is FC(F)(F)c1cccc(Cc2ccc(Cc3ccccc3)c(Cc3ccccc3C(F)(F)F)c2Cl)c1. The molecule has 0 spiro atoms. The van der Waals surface area contributed by atoms with Crippen LogP contribution in [0.5, 0.6) is 0 Å². The highest BCUT2D eigenvalue weighted by Crippen LogP contribution is 2.36. The Labute approximate surface area is 210 Å². The van der Waals surface area contributed by atoms with Gasteiger partial charge >= 0.3 is 12.4 Å². The van der Waals surface area contributed by atoms with Crippen LogP contribution in [-0.4, -0.2) is 0 Å². The van der Waals surface area contributed by atoms with E-state index in [1.54, 1.807) is 24.3 Å². The van der Waals surface area contributed by atoms with Crippen LogP contribution in [0.25, 0.3) is 0 Å². The second-order valence-corrected chi connectivity index (χ2v) is 8.92. The summed E-state index contributed by atoms with van der Waals surface area (Å²) in [4.78, 5) is 0. The quantitative estimate of drug-likeness (QED) is 0.223. The first-order valence-electron chi connectivity index (χ1n) is 11.2. The molecule has 0 heterocycles. The van der Waals surface area contributed by atoms with Crippen LogP contribution in [0.4, 0.5) is 26.3 Å². The molecule has 0 N–H and O–H groups in total. The summed E-state index contributed by atoms with van der Waals surface area (Å²) in [7, 11) is 0. The summed E-state index contributed by atoms with van der Waals surface area (Å²) in [5.74, 6) is 0. The van der Waals surface area contributed by atoms with E-state index in [0.29, 0.717) is 23.1 Å². The van der Waals surface area contributed by atoms with Crippen molar-refractivity contribution >= 4 is 11.6 Å². The van der Waals surface area contributed by atoms with Crippen molar-refractivity contribution in [1.29, 1.82) is 0 Å². The van der Waals surface area contributed by atoms with Gasteiger partial charge in [0.15, 0.2) is 0 Å². The highest BCUT2D eigenvalue weighted by molar-refractivity contribution is 6.32. The summed E-state index contributed by atoms with van der Waals surface area (Å²) in [6, 6.07) is 23.3. The van der Waals surface area contributed by atoms with Crippen LogP contribution >= 0.6 is 11.6 Å². The lowest BCUT2D eigenvalue weighted by atomic mass is 9.90. The fourth-order valence-corrected chi connectivity index (χ4v) is 4.56. The average molecular weight is 519 g/mol. The van der Waals surface area contributed by atoms with E-state index in [4.69, 9.17) is 11.6 Å². The van der Waals surface area contributed by atoms with Crippen LogP contribution < -0.4 is 0 Å². The van der Waals surface area contributed by atoms with Gasteiger partial charge in [-0.1, -0.05) is 90.5 Å². The third-order valence-corrected chi connectivity index (χ3v) is 6.47. The first-order chi connectivity index (χ1) is 17.0. The molecule has 0 fully saturated rings. The van der Waals surface area contributed by atoms with Crippen LogP contribution in [-0.2, 0) is 31.6 Å². The van der Waals surface area contributed by atoms with Gasteiger partial charge in [0, 0.05) is 5.02 Å². The Morgan fingerprint density at radius 1 is 0.528 bits per heavy atom. The first-order valence-corrected chi connectivity index (χ1v) is 11.5. The molecule has 0 saturated heterocycles. The largest absolute Gasteiger partial charge is 0.416 e. The van der Waals surface area contributed by atoms with E-state index in [1.807, 2.05) is 30.3 Å². The van der Waals surface area contributed by atoms with Gasteiger partial charge in [-0.15, -0.1) is 0 Å². The van der Waals surface area contributed by atoms with E-state index in [9.17, 15) is 26.3 Å². The molecule has 0 radical (unpaired) electrons. The van der Waals surface area contributed by atoms with Crippen molar-refractivity contribution in [2.45, 2.75) is 31.6 Å². The van der Waals surface area contributed by atoms with Gasteiger partial charge in [0.25, 0.3) is 0 Å². The summed E-state index contributed by atoms with van der Waals surface area (Å²) in [6.07, 6.45) is -8.51. The second-order valence-electron chi connectivity index (χ2n) is 8.55. The molecule has 4 rings (SSSR count). The summed E-state index contributed by atoms with van der Waals surface area (Å²) >= 11 is 6.77. The molecule has 4 aromatic rings. The Kier molecular flexibility index (Phi) is 7.46. The lowest BCUT2D eigenvalue weighted by Gasteiger charge is -2.18. The number of hydrogen-bond donors (Lipinski definition) is 0. The Morgan fingerprint density at radius 3 is 1.83 bits per heavy atom. The Bertz CT molecular complexity index is 1340. The van der Waals surface area contributed by atoms with Gasteiger partial charge in [-0.2, -0.15) is 26.3 Å². The molecule has 0 nitrogen and oxygen atoms in total. The zero-order valence-corrected chi connectivity index (χ0v) is 19.7. The van der Waals surface area contributed by atoms with Crippen molar-refractivity contribution < 1.29 is 26.3 Å². The Morgan fingerprint density at radius 2 is 1.14 bits per heavy atom. The highest BCUT2D eigenvalue weighted by Gasteiger charge is 2.33. The first kappa shape index (κ1) is 25.8. The minimum Gasteiger partial charge on any atom is -0.166 e. The average Bonchev–Trinajstić information content (AvgIpc) is 2.83. The zero-order chi connectivity index (χ0) is 25.9. The van der Waals surface area contributed by atoms with E-state index < -0.39 is 23.5 Å². The molecule has 4 aromatic carbocycles. The summed E-state index contributed by atoms with van der Waals surface area (Å²) in [5.41, 5.74) is 1.78. The molecule has 36 heavy (non-hydrogen) atoms. The van der Waals surface area contributed by atoms with E-state index in [2.05, 4.69) is 0 Å². The van der Waals surface area contributed by atoms with Gasteiger partial charge in [0.2, 0.25) is 0 Å². The van der Waals surface area contributed by atoms with Gasteiger partial charge in [-0.05, 0) is 64.8 Å². The van der Waals surface area contributed by atoms with Crippen LogP contribution in [0.15, 0.2) is 91.0 Å². The summed E-state index contributed by atoms with van der Waals surface area (Å²) < 4.78 is 80.5. The molecule has 0 unspecified atom stereocenters. The van der Waals surface area contributed by atoms with E-state index in [-0.39, 0.29) is 23.4 Å². The highest BCUT2D eigenvalue weighted by atomic mass is 35.5. The fourth-order valence-electron chi connectivity index (χ4n) is 4.24. The number of rotatable bonds is 6. The number of hydrogen-bond acceptors (Lipinski definition) is 0. The van der Waals surface area contributed by atoms with Crippen LogP contribution in [0, 0.1) is 0 Å². The van der Waals surface area contributed by atoms with Crippen LogP contribution in [0.3, 0.4) is 0 Å². The minimum atomic E-state index is -4.53. The van der Waals surface area contributed by atoms with Crippen molar-refractivity contribution in [2.75, 3.05) is 0 Å². The smallest absolute Gasteiger partial charge is 0.166 e. The molecular weight excluding hydrogens is 498 g/mol. The molecule has 186 valence electrons. The number of halogens is 7. The topological polar surface area (TPSA) is 0 Å². The molecule has 0 saturated carbocycles. The molecule has 0 aliphatic carbocycles.